The number of ether oxygens (including phenoxy) is 2. The summed E-state index contributed by atoms with van der Waals surface area (Å²) >= 11 is 0. The SMILES string of the molecule is CCCOCCOc1ccccc1[C@H](N)CC. The van der Waals surface area contributed by atoms with Crippen LogP contribution in [0.5, 0.6) is 5.75 Å². The molecule has 0 aliphatic rings. The summed E-state index contributed by atoms with van der Waals surface area (Å²) in [6.45, 7) is 6.17. The smallest absolute Gasteiger partial charge is 0.124 e. The first kappa shape index (κ1) is 14.0. The third-order valence-electron chi connectivity index (χ3n) is 2.59. The number of hydrogen-bond donors (Lipinski definition) is 1. The van der Waals surface area contributed by atoms with Crippen LogP contribution in [0.2, 0.25) is 0 Å². The van der Waals surface area contributed by atoms with E-state index in [1.807, 2.05) is 24.3 Å². The van der Waals surface area contributed by atoms with Crippen molar-refractivity contribution in [2.24, 2.45) is 5.73 Å². The van der Waals surface area contributed by atoms with Crippen LogP contribution in [-0.2, 0) is 4.74 Å². The summed E-state index contributed by atoms with van der Waals surface area (Å²) in [5.74, 6) is 0.877. The minimum Gasteiger partial charge on any atom is -0.491 e. The van der Waals surface area contributed by atoms with Crippen LogP contribution < -0.4 is 10.5 Å². The van der Waals surface area contributed by atoms with Crippen LogP contribution in [0.4, 0.5) is 0 Å². The predicted molar refractivity (Wildman–Crippen MR) is 70.3 cm³/mol. The highest BCUT2D eigenvalue weighted by molar-refractivity contribution is 5.35. The summed E-state index contributed by atoms with van der Waals surface area (Å²) in [6.07, 6.45) is 1.95. The molecule has 96 valence electrons. The molecule has 0 heterocycles. The highest BCUT2D eigenvalue weighted by Gasteiger charge is 2.09. The first-order valence-corrected chi connectivity index (χ1v) is 6.34. The van der Waals surface area contributed by atoms with E-state index in [0.717, 1.165) is 30.8 Å². The van der Waals surface area contributed by atoms with Gasteiger partial charge in [0.2, 0.25) is 0 Å². The Morgan fingerprint density at radius 2 is 1.88 bits per heavy atom. The molecule has 0 amide bonds. The summed E-state index contributed by atoms with van der Waals surface area (Å²) in [7, 11) is 0. The second-order valence-electron chi connectivity index (χ2n) is 4.01. The minimum atomic E-state index is 0.0442. The molecule has 17 heavy (non-hydrogen) atoms. The van der Waals surface area contributed by atoms with Crippen molar-refractivity contribution < 1.29 is 9.47 Å². The number of nitrogens with two attached hydrogens (primary N) is 1. The first-order chi connectivity index (χ1) is 8.29. The van der Waals surface area contributed by atoms with Crippen molar-refractivity contribution in [3.63, 3.8) is 0 Å². The molecule has 3 nitrogen and oxygen atoms in total. The Morgan fingerprint density at radius 1 is 1.12 bits per heavy atom. The van der Waals surface area contributed by atoms with Crippen LogP contribution in [0.25, 0.3) is 0 Å². The standard InChI is InChI=1S/C14H23NO2/c1-3-9-16-10-11-17-14-8-6-5-7-12(14)13(15)4-2/h5-8,13H,3-4,9-11,15H2,1-2H3/t13-/m1/s1. The normalized spacial score (nSPS) is 12.4. The minimum absolute atomic E-state index is 0.0442. The second kappa shape index (κ2) is 8.09. The summed E-state index contributed by atoms with van der Waals surface area (Å²) in [5.41, 5.74) is 7.11. The van der Waals surface area contributed by atoms with Gasteiger partial charge in [-0.25, -0.2) is 0 Å². The van der Waals surface area contributed by atoms with Crippen molar-refractivity contribution in [2.75, 3.05) is 19.8 Å². The fourth-order valence-corrected chi connectivity index (χ4v) is 1.60. The number of benzene rings is 1. The maximum absolute atomic E-state index is 6.04. The van der Waals surface area contributed by atoms with Gasteiger partial charge in [-0.2, -0.15) is 0 Å². The van der Waals surface area contributed by atoms with Crippen molar-refractivity contribution in [3.8, 4) is 5.75 Å². The van der Waals surface area contributed by atoms with E-state index >= 15 is 0 Å². The van der Waals surface area contributed by atoms with E-state index in [4.69, 9.17) is 15.2 Å². The summed E-state index contributed by atoms with van der Waals surface area (Å²) in [6, 6.07) is 7.99. The van der Waals surface area contributed by atoms with Crippen molar-refractivity contribution >= 4 is 0 Å². The van der Waals surface area contributed by atoms with Crippen LogP contribution >= 0.6 is 0 Å². The van der Waals surface area contributed by atoms with Crippen molar-refractivity contribution in [1.82, 2.24) is 0 Å². The van der Waals surface area contributed by atoms with E-state index in [1.165, 1.54) is 0 Å². The Bertz CT molecular complexity index is 315. The van der Waals surface area contributed by atoms with Crippen LogP contribution in [-0.4, -0.2) is 19.8 Å². The van der Waals surface area contributed by atoms with E-state index in [1.54, 1.807) is 0 Å². The quantitative estimate of drug-likeness (QED) is 0.707. The van der Waals surface area contributed by atoms with Gasteiger partial charge in [-0.3, -0.25) is 0 Å². The molecule has 0 aliphatic heterocycles. The third kappa shape index (κ3) is 4.75. The van der Waals surface area contributed by atoms with Crippen molar-refractivity contribution in [3.05, 3.63) is 29.8 Å². The van der Waals surface area contributed by atoms with E-state index in [2.05, 4.69) is 13.8 Å². The lowest BCUT2D eigenvalue weighted by Crippen LogP contribution is -2.13. The van der Waals surface area contributed by atoms with Gasteiger partial charge >= 0.3 is 0 Å². The van der Waals surface area contributed by atoms with Crippen LogP contribution in [0, 0.1) is 0 Å². The van der Waals surface area contributed by atoms with E-state index in [0.29, 0.717) is 13.2 Å². The molecular formula is C14H23NO2. The predicted octanol–water partition coefficient (Wildman–Crippen LogP) is 2.90. The Morgan fingerprint density at radius 3 is 2.59 bits per heavy atom. The summed E-state index contributed by atoms with van der Waals surface area (Å²) in [5, 5.41) is 0. The van der Waals surface area contributed by atoms with Crippen LogP contribution in [0.15, 0.2) is 24.3 Å². The lowest BCUT2D eigenvalue weighted by atomic mass is 10.0. The van der Waals surface area contributed by atoms with Gasteiger partial charge < -0.3 is 15.2 Å². The zero-order valence-corrected chi connectivity index (χ0v) is 10.8. The highest BCUT2D eigenvalue weighted by Crippen LogP contribution is 2.25. The molecule has 1 atom stereocenters. The molecule has 3 heteroatoms. The Kier molecular flexibility index (Phi) is 6.67. The number of hydrogen-bond acceptors (Lipinski definition) is 3. The Hall–Kier alpha value is -1.06. The van der Waals surface area contributed by atoms with Gasteiger partial charge in [-0.05, 0) is 18.9 Å². The zero-order valence-electron chi connectivity index (χ0n) is 10.8. The molecule has 0 aromatic heterocycles. The Labute approximate surface area is 104 Å². The fraction of sp³-hybridized carbons (Fsp3) is 0.571. The average molecular weight is 237 g/mol. The number of rotatable bonds is 8. The fourth-order valence-electron chi connectivity index (χ4n) is 1.60. The topological polar surface area (TPSA) is 44.5 Å². The van der Waals surface area contributed by atoms with Gasteiger partial charge in [0, 0.05) is 18.2 Å². The molecule has 2 N–H and O–H groups in total. The van der Waals surface area contributed by atoms with Crippen LogP contribution in [0.1, 0.15) is 38.3 Å². The molecule has 0 radical (unpaired) electrons. The molecule has 0 saturated heterocycles. The molecule has 1 aromatic carbocycles. The van der Waals surface area contributed by atoms with Gasteiger partial charge in [-0.15, -0.1) is 0 Å². The molecule has 0 unspecified atom stereocenters. The molecule has 1 rings (SSSR count). The van der Waals surface area contributed by atoms with Crippen LogP contribution in [0.3, 0.4) is 0 Å². The van der Waals surface area contributed by atoms with Gasteiger partial charge in [0.05, 0.1) is 6.61 Å². The highest BCUT2D eigenvalue weighted by atomic mass is 16.5. The second-order valence-corrected chi connectivity index (χ2v) is 4.01. The van der Waals surface area contributed by atoms with Crippen molar-refractivity contribution in [2.45, 2.75) is 32.7 Å². The summed E-state index contributed by atoms with van der Waals surface area (Å²) < 4.78 is 11.1. The average Bonchev–Trinajstić information content (AvgIpc) is 2.38. The monoisotopic (exact) mass is 237 g/mol. The van der Waals surface area contributed by atoms with Gasteiger partial charge in [-0.1, -0.05) is 32.0 Å². The largest absolute Gasteiger partial charge is 0.491 e. The van der Waals surface area contributed by atoms with E-state index in [-0.39, 0.29) is 6.04 Å². The maximum Gasteiger partial charge on any atom is 0.124 e. The first-order valence-electron chi connectivity index (χ1n) is 6.34. The Balaban J connectivity index is 2.46. The molecule has 0 fully saturated rings. The van der Waals surface area contributed by atoms with Crippen molar-refractivity contribution in [1.29, 1.82) is 0 Å². The zero-order chi connectivity index (χ0) is 12.5. The van der Waals surface area contributed by atoms with E-state index in [9.17, 15) is 0 Å². The van der Waals surface area contributed by atoms with Gasteiger partial charge in [0.25, 0.3) is 0 Å². The molecular weight excluding hydrogens is 214 g/mol. The molecule has 0 aliphatic carbocycles. The lowest BCUT2D eigenvalue weighted by molar-refractivity contribution is 0.100. The molecule has 1 aromatic rings. The molecule has 0 bridgehead atoms. The maximum atomic E-state index is 6.04. The molecule has 0 spiro atoms. The number of para-hydroxylation sites is 1. The summed E-state index contributed by atoms with van der Waals surface area (Å²) in [4.78, 5) is 0. The van der Waals surface area contributed by atoms with Gasteiger partial charge in [0.15, 0.2) is 0 Å². The van der Waals surface area contributed by atoms with Gasteiger partial charge in [0.1, 0.15) is 12.4 Å². The van der Waals surface area contributed by atoms with E-state index < -0.39 is 0 Å². The lowest BCUT2D eigenvalue weighted by Gasteiger charge is -2.15. The third-order valence-corrected chi connectivity index (χ3v) is 2.59. The molecule has 0 saturated carbocycles.